The molecule has 0 radical (unpaired) electrons. The number of rotatable bonds is 4. The van der Waals surface area contributed by atoms with E-state index in [4.69, 9.17) is 10.8 Å². The summed E-state index contributed by atoms with van der Waals surface area (Å²) in [6, 6.07) is 0. The van der Waals surface area contributed by atoms with Crippen LogP contribution < -0.4 is 5.73 Å². The van der Waals surface area contributed by atoms with Crippen LogP contribution >= 0.6 is 0 Å². The maximum atomic E-state index is 8.32. The maximum Gasteiger partial charge on any atom is 0.0626 e. The molecule has 0 rings (SSSR count). The summed E-state index contributed by atoms with van der Waals surface area (Å²) in [4.78, 5) is 3.85. The second kappa shape index (κ2) is 6.29. The van der Waals surface area contributed by atoms with Gasteiger partial charge < -0.3 is 10.8 Å². The van der Waals surface area contributed by atoms with Crippen molar-refractivity contribution in [3.8, 4) is 0 Å². The van der Waals surface area contributed by atoms with Gasteiger partial charge in [0.05, 0.1) is 13.2 Å². The van der Waals surface area contributed by atoms with Gasteiger partial charge in [-0.3, -0.25) is 4.99 Å². The summed E-state index contributed by atoms with van der Waals surface area (Å²) >= 11 is 0. The molecule has 0 amide bonds. The fourth-order valence-corrected chi connectivity index (χ4v) is 0.399. The van der Waals surface area contributed by atoms with Gasteiger partial charge in [-0.25, -0.2) is 0 Å². The van der Waals surface area contributed by atoms with E-state index in [1.54, 1.807) is 12.3 Å². The van der Waals surface area contributed by atoms with Gasteiger partial charge in [0.2, 0.25) is 0 Å². The van der Waals surface area contributed by atoms with Gasteiger partial charge in [0.1, 0.15) is 0 Å². The Morgan fingerprint density at radius 2 is 2.40 bits per heavy atom. The minimum Gasteiger partial charge on any atom is -0.402 e. The molecule has 0 heterocycles. The van der Waals surface area contributed by atoms with Gasteiger partial charge in [0, 0.05) is 11.9 Å². The molecule has 0 spiro atoms. The number of allylic oxidation sites excluding steroid dienone is 2. The summed E-state index contributed by atoms with van der Waals surface area (Å²) in [5.74, 6) is 0. The van der Waals surface area contributed by atoms with Crippen molar-refractivity contribution in [3.05, 3.63) is 11.8 Å². The maximum absolute atomic E-state index is 8.32. The van der Waals surface area contributed by atoms with E-state index in [-0.39, 0.29) is 6.61 Å². The van der Waals surface area contributed by atoms with Crippen LogP contribution in [0.1, 0.15) is 13.3 Å². The third kappa shape index (κ3) is 5.31. The lowest BCUT2D eigenvalue weighted by atomic mass is 10.3. The van der Waals surface area contributed by atoms with Gasteiger partial charge in [0.25, 0.3) is 0 Å². The molecule has 0 saturated carbocycles. The molecule has 0 aliphatic carbocycles. The van der Waals surface area contributed by atoms with Crippen LogP contribution in [0.15, 0.2) is 16.8 Å². The van der Waals surface area contributed by atoms with Crippen molar-refractivity contribution in [3.63, 3.8) is 0 Å². The Kier molecular flexibility index (Phi) is 5.77. The molecule has 10 heavy (non-hydrogen) atoms. The lowest BCUT2D eigenvalue weighted by Gasteiger charge is -1.89. The van der Waals surface area contributed by atoms with Gasteiger partial charge in [-0.2, -0.15) is 0 Å². The Bertz CT molecular complexity index is 130. The molecule has 0 aliphatic heterocycles. The van der Waals surface area contributed by atoms with Crippen LogP contribution in [0.25, 0.3) is 0 Å². The first-order chi connectivity index (χ1) is 4.81. The highest BCUT2D eigenvalue weighted by Crippen LogP contribution is 1.86. The molecule has 0 aromatic carbocycles. The first-order valence-electron chi connectivity index (χ1n) is 3.36. The van der Waals surface area contributed by atoms with Gasteiger partial charge in [-0.1, -0.05) is 6.92 Å². The highest BCUT2D eigenvalue weighted by Gasteiger charge is 1.78. The molecule has 0 unspecified atom stereocenters. The third-order valence-electron chi connectivity index (χ3n) is 1.03. The van der Waals surface area contributed by atoms with Crippen LogP contribution in [0.5, 0.6) is 0 Å². The minimum atomic E-state index is 0.0936. The molecule has 58 valence electrons. The average Bonchev–Trinajstić information content (AvgIpc) is 1.98. The van der Waals surface area contributed by atoms with E-state index in [1.165, 1.54) is 0 Å². The minimum absolute atomic E-state index is 0.0936. The quantitative estimate of drug-likeness (QED) is 0.555. The molecular formula is C7H14N2O. The molecule has 0 aromatic rings. The molecule has 0 saturated heterocycles. The van der Waals surface area contributed by atoms with E-state index >= 15 is 0 Å². The van der Waals surface area contributed by atoms with Gasteiger partial charge in [0.15, 0.2) is 0 Å². The average molecular weight is 142 g/mol. The van der Waals surface area contributed by atoms with Crippen molar-refractivity contribution in [2.45, 2.75) is 13.3 Å². The monoisotopic (exact) mass is 142 g/mol. The van der Waals surface area contributed by atoms with Crippen molar-refractivity contribution in [1.29, 1.82) is 0 Å². The Morgan fingerprint density at radius 1 is 1.70 bits per heavy atom. The molecule has 0 atom stereocenters. The molecule has 0 aromatic heterocycles. The predicted molar refractivity (Wildman–Crippen MR) is 43.0 cm³/mol. The van der Waals surface area contributed by atoms with Crippen LogP contribution in [0, 0.1) is 0 Å². The predicted octanol–water partition coefficient (Wildman–Crippen LogP) is 0.302. The second-order valence-corrected chi connectivity index (χ2v) is 1.87. The molecule has 3 heteroatoms. The first kappa shape index (κ1) is 9.17. The summed E-state index contributed by atoms with van der Waals surface area (Å²) in [5.41, 5.74) is 6.27. The highest BCUT2D eigenvalue weighted by molar-refractivity contribution is 5.71. The van der Waals surface area contributed by atoms with Crippen LogP contribution in [0.4, 0.5) is 0 Å². The molecule has 0 fully saturated rings. The van der Waals surface area contributed by atoms with E-state index in [1.807, 2.05) is 6.92 Å². The highest BCUT2D eigenvalue weighted by atomic mass is 16.3. The second-order valence-electron chi connectivity index (χ2n) is 1.87. The number of nitrogens with zero attached hydrogens (tertiary/aromatic N) is 1. The number of hydrogen-bond donors (Lipinski definition) is 2. The fraction of sp³-hybridized carbons (Fsp3) is 0.571. The summed E-state index contributed by atoms with van der Waals surface area (Å²) in [6.45, 7) is 2.52. The zero-order valence-electron chi connectivity index (χ0n) is 6.25. The number of nitrogens with two attached hydrogens (primary N) is 1. The molecular weight excluding hydrogens is 128 g/mol. The lowest BCUT2D eigenvalue weighted by molar-refractivity contribution is 0.307. The van der Waals surface area contributed by atoms with Crippen molar-refractivity contribution in [1.82, 2.24) is 0 Å². The normalized spacial score (nSPS) is 12.8. The molecule has 0 aliphatic rings. The van der Waals surface area contributed by atoms with E-state index in [0.29, 0.717) is 6.54 Å². The van der Waals surface area contributed by atoms with Crippen molar-refractivity contribution in [2.75, 3.05) is 13.2 Å². The van der Waals surface area contributed by atoms with Crippen LogP contribution in [-0.4, -0.2) is 24.5 Å². The SMILES string of the molecule is CCC(N)=CC=NCCO. The molecule has 3 nitrogen and oxygen atoms in total. The van der Waals surface area contributed by atoms with Crippen molar-refractivity contribution >= 4 is 6.21 Å². The van der Waals surface area contributed by atoms with Gasteiger partial charge in [-0.05, 0) is 12.5 Å². The summed E-state index contributed by atoms with van der Waals surface area (Å²) in [6.07, 6.45) is 4.20. The van der Waals surface area contributed by atoms with E-state index in [9.17, 15) is 0 Å². The molecule has 0 bridgehead atoms. The largest absolute Gasteiger partial charge is 0.402 e. The molecule has 3 N–H and O–H groups in total. The van der Waals surface area contributed by atoms with Crippen LogP contribution in [-0.2, 0) is 0 Å². The van der Waals surface area contributed by atoms with Gasteiger partial charge in [-0.15, -0.1) is 0 Å². The smallest absolute Gasteiger partial charge is 0.0626 e. The summed E-state index contributed by atoms with van der Waals surface area (Å²) in [7, 11) is 0. The topological polar surface area (TPSA) is 58.6 Å². The lowest BCUT2D eigenvalue weighted by Crippen LogP contribution is -1.95. The number of aliphatic imine (C=N–C) groups is 1. The van der Waals surface area contributed by atoms with Crippen molar-refractivity contribution < 1.29 is 5.11 Å². The Hall–Kier alpha value is -0.830. The van der Waals surface area contributed by atoms with Crippen molar-refractivity contribution in [2.24, 2.45) is 10.7 Å². The summed E-state index contributed by atoms with van der Waals surface area (Å²) in [5, 5.41) is 8.32. The Balaban J connectivity index is 3.49. The number of aliphatic hydroxyl groups is 1. The third-order valence-corrected chi connectivity index (χ3v) is 1.03. The van der Waals surface area contributed by atoms with E-state index in [0.717, 1.165) is 12.1 Å². The Morgan fingerprint density at radius 3 is 2.90 bits per heavy atom. The number of aliphatic hydroxyl groups excluding tert-OH is 1. The standard InChI is InChI=1S/C7H14N2O/c1-2-7(8)3-4-9-5-6-10/h3-4,10H,2,5-6,8H2,1H3. The van der Waals surface area contributed by atoms with Crippen LogP contribution in [0.2, 0.25) is 0 Å². The van der Waals surface area contributed by atoms with E-state index < -0.39 is 0 Å². The number of hydrogen-bond acceptors (Lipinski definition) is 3. The zero-order chi connectivity index (χ0) is 7.82. The fourth-order valence-electron chi connectivity index (χ4n) is 0.399. The van der Waals surface area contributed by atoms with Crippen LogP contribution in [0.3, 0.4) is 0 Å². The van der Waals surface area contributed by atoms with Gasteiger partial charge >= 0.3 is 0 Å². The Labute approximate surface area is 61.3 Å². The summed E-state index contributed by atoms with van der Waals surface area (Å²) < 4.78 is 0. The van der Waals surface area contributed by atoms with E-state index in [2.05, 4.69) is 4.99 Å². The first-order valence-corrected chi connectivity index (χ1v) is 3.36. The zero-order valence-corrected chi connectivity index (χ0v) is 6.25.